The minimum atomic E-state index is -0.778. The molecule has 0 saturated carbocycles. The summed E-state index contributed by atoms with van der Waals surface area (Å²) in [6.07, 6.45) is 7.62. The van der Waals surface area contributed by atoms with Crippen LogP contribution in [0.5, 0.6) is 11.5 Å². The van der Waals surface area contributed by atoms with E-state index in [2.05, 4.69) is 4.98 Å². The van der Waals surface area contributed by atoms with Crippen LogP contribution < -0.4 is 9.47 Å². The fourth-order valence-corrected chi connectivity index (χ4v) is 2.43. The van der Waals surface area contributed by atoms with E-state index in [9.17, 15) is 4.79 Å². The molecular weight excluding hydrogens is 332 g/mol. The van der Waals surface area contributed by atoms with Crippen molar-refractivity contribution in [3.05, 3.63) is 43.0 Å². The number of carboxylic acid groups (broad SMARTS) is 1. The third-order valence-corrected chi connectivity index (χ3v) is 4.30. The number of benzene rings is 1. The molecule has 0 amide bonds. The van der Waals surface area contributed by atoms with E-state index in [1.807, 2.05) is 42.0 Å². The molecule has 1 heterocycles. The highest BCUT2D eigenvalue weighted by Crippen LogP contribution is 2.25. The van der Waals surface area contributed by atoms with E-state index in [1.54, 1.807) is 26.4 Å². The van der Waals surface area contributed by atoms with Crippen LogP contribution in [0.15, 0.2) is 43.0 Å². The maximum atomic E-state index is 11.1. The lowest BCUT2D eigenvalue weighted by Crippen LogP contribution is -2.26. The first-order valence-corrected chi connectivity index (χ1v) is 8.95. The summed E-state index contributed by atoms with van der Waals surface area (Å²) >= 11 is 0. The fourth-order valence-electron chi connectivity index (χ4n) is 2.43. The number of ether oxygens (including phenoxy) is 2. The summed E-state index contributed by atoms with van der Waals surface area (Å²) in [5, 5.41) is 9.16. The smallest absolute Gasteiger partial charge is 0.309 e. The number of hydrogen-bond acceptors (Lipinski definition) is 4. The van der Waals surface area contributed by atoms with Crippen LogP contribution in [0.4, 0.5) is 0 Å². The van der Waals surface area contributed by atoms with Crippen molar-refractivity contribution in [3.63, 3.8) is 0 Å². The normalized spacial score (nSPS) is 12.6. The zero-order valence-electron chi connectivity index (χ0n) is 15.7. The Kier molecular flexibility index (Phi) is 7.06. The van der Waals surface area contributed by atoms with Gasteiger partial charge in [-0.25, -0.2) is 4.98 Å². The van der Waals surface area contributed by atoms with Gasteiger partial charge in [-0.1, -0.05) is 0 Å². The number of hydrogen-bond donors (Lipinski definition) is 1. The molecule has 1 N–H and O–H groups in total. The number of nitrogens with zero attached hydrogens (tertiary/aromatic N) is 2. The van der Waals surface area contributed by atoms with Gasteiger partial charge in [-0.3, -0.25) is 4.79 Å². The third-order valence-electron chi connectivity index (χ3n) is 4.30. The molecule has 0 spiro atoms. The number of aromatic nitrogens is 2. The average molecular weight is 360 g/mol. The summed E-state index contributed by atoms with van der Waals surface area (Å²) < 4.78 is 13.6. The van der Waals surface area contributed by atoms with Gasteiger partial charge in [-0.15, -0.1) is 0 Å². The minimum absolute atomic E-state index is 0.0458. The van der Waals surface area contributed by atoms with Gasteiger partial charge in [0.1, 0.15) is 11.5 Å². The average Bonchev–Trinajstić information content (AvgIpc) is 3.12. The minimum Gasteiger partial charge on any atom is -0.494 e. The second-order valence-corrected chi connectivity index (χ2v) is 7.13. The van der Waals surface area contributed by atoms with Gasteiger partial charge in [-0.2, -0.15) is 0 Å². The van der Waals surface area contributed by atoms with Crippen molar-refractivity contribution in [2.75, 3.05) is 6.61 Å². The van der Waals surface area contributed by atoms with E-state index in [0.29, 0.717) is 19.4 Å². The summed E-state index contributed by atoms with van der Waals surface area (Å²) in [7, 11) is 0. The Labute approximate surface area is 154 Å². The number of aryl methyl sites for hydroxylation is 1. The lowest BCUT2D eigenvalue weighted by atomic mass is 9.87. The summed E-state index contributed by atoms with van der Waals surface area (Å²) in [6.45, 7) is 6.95. The molecule has 2 rings (SSSR count). The predicted molar refractivity (Wildman–Crippen MR) is 99.5 cm³/mol. The molecule has 1 aromatic heterocycles. The van der Waals surface area contributed by atoms with Crippen molar-refractivity contribution in [2.24, 2.45) is 5.41 Å². The Bertz CT molecular complexity index is 666. The van der Waals surface area contributed by atoms with E-state index in [1.165, 1.54) is 0 Å². The lowest BCUT2D eigenvalue weighted by Gasteiger charge is -2.22. The molecule has 0 aliphatic heterocycles. The van der Waals surface area contributed by atoms with E-state index < -0.39 is 11.4 Å². The van der Waals surface area contributed by atoms with Crippen molar-refractivity contribution in [1.82, 2.24) is 9.55 Å². The number of aliphatic carboxylic acids is 1. The van der Waals surface area contributed by atoms with Gasteiger partial charge in [0.15, 0.2) is 0 Å². The standard InChI is InChI=1S/C20H28N2O4/c1-16(9-10-20(2,3)19(23)24)26-18-7-5-17(6-8-18)25-14-4-12-22-13-11-21-15-22/h5-8,11,13,15-16H,4,9-10,12,14H2,1-3H3,(H,23,24). The monoisotopic (exact) mass is 360 g/mol. The molecule has 0 fully saturated rings. The fraction of sp³-hybridized carbons (Fsp3) is 0.500. The Morgan fingerprint density at radius 2 is 1.96 bits per heavy atom. The van der Waals surface area contributed by atoms with E-state index in [4.69, 9.17) is 14.6 Å². The second-order valence-electron chi connectivity index (χ2n) is 7.13. The topological polar surface area (TPSA) is 73.6 Å². The molecule has 0 saturated heterocycles. The van der Waals surface area contributed by atoms with E-state index in [0.717, 1.165) is 24.5 Å². The van der Waals surface area contributed by atoms with E-state index >= 15 is 0 Å². The molecular formula is C20H28N2O4. The van der Waals surface area contributed by atoms with E-state index in [-0.39, 0.29) is 6.10 Å². The predicted octanol–water partition coefficient (Wildman–Crippen LogP) is 4.01. The Balaban J connectivity index is 1.70. The molecule has 0 aliphatic carbocycles. The first kappa shape index (κ1) is 19.8. The van der Waals surface area contributed by atoms with Crippen molar-refractivity contribution in [1.29, 1.82) is 0 Å². The first-order chi connectivity index (χ1) is 12.4. The van der Waals surface area contributed by atoms with Crippen LogP contribution in [0.3, 0.4) is 0 Å². The van der Waals surface area contributed by atoms with Crippen LogP contribution in [0.25, 0.3) is 0 Å². The van der Waals surface area contributed by atoms with Gasteiger partial charge in [0.25, 0.3) is 0 Å². The molecule has 6 heteroatoms. The molecule has 1 atom stereocenters. The molecule has 142 valence electrons. The van der Waals surface area contributed by atoms with Gasteiger partial charge in [0.05, 0.1) is 24.5 Å². The maximum absolute atomic E-state index is 11.1. The quantitative estimate of drug-likeness (QED) is 0.613. The number of imidazole rings is 1. The zero-order valence-corrected chi connectivity index (χ0v) is 15.7. The van der Waals surface area contributed by atoms with Gasteiger partial charge >= 0.3 is 5.97 Å². The molecule has 6 nitrogen and oxygen atoms in total. The van der Waals surface area contributed by atoms with Crippen molar-refractivity contribution in [2.45, 2.75) is 52.7 Å². The van der Waals surface area contributed by atoms with Gasteiger partial charge in [0, 0.05) is 18.9 Å². The molecule has 1 unspecified atom stereocenters. The van der Waals surface area contributed by atoms with Crippen LogP contribution >= 0.6 is 0 Å². The second kappa shape index (κ2) is 9.27. The van der Waals surface area contributed by atoms with Gasteiger partial charge in [0.2, 0.25) is 0 Å². The summed E-state index contributed by atoms with van der Waals surface area (Å²) in [5.41, 5.74) is -0.730. The highest BCUT2D eigenvalue weighted by atomic mass is 16.5. The SMILES string of the molecule is CC(CCC(C)(C)C(=O)O)Oc1ccc(OCCCn2ccnc2)cc1. The molecule has 0 aliphatic rings. The number of carbonyl (C=O) groups is 1. The highest BCUT2D eigenvalue weighted by Gasteiger charge is 2.27. The Morgan fingerprint density at radius 3 is 2.58 bits per heavy atom. The number of carboxylic acids is 1. The van der Waals surface area contributed by atoms with Gasteiger partial charge in [-0.05, 0) is 64.3 Å². The van der Waals surface area contributed by atoms with Crippen LogP contribution in [0, 0.1) is 5.41 Å². The maximum Gasteiger partial charge on any atom is 0.309 e. The van der Waals surface area contributed by atoms with Crippen molar-refractivity contribution < 1.29 is 19.4 Å². The largest absolute Gasteiger partial charge is 0.494 e. The van der Waals surface area contributed by atoms with Crippen LogP contribution in [-0.4, -0.2) is 33.3 Å². The number of rotatable bonds is 11. The molecule has 0 radical (unpaired) electrons. The Hall–Kier alpha value is -2.50. The van der Waals surface area contributed by atoms with Crippen molar-refractivity contribution >= 4 is 5.97 Å². The summed E-state index contributed by atoms with van der Waals surface area (Å²) in [4.78, 5) is 15.2. The molecule has 2 aromatic rings. The van der Waals surface area contributed by atoms with Crippen molar-refractivity contribution in [3.8, 4) is 11.5 Å². The highest BCUT2D eigenvalue weighted by molar-refractivity contribution is 5.73. The van der Waals surface area contributed by atoms with Crippen LogP contribution in [-0.2, 0) is 11.3 Å². The van der Waals surface area contributed by atoms with Gasteiger partial charge < -0.3 is 19.1 Å². The van der Waals surface area contributed by atoms with Crippen LogP contribution in [0.1, 0.15) is 40.0 Å². The lowest BCUT2D eigenvalue weighted by molar-refractivity contribution is -0.147. The Morgan fingerprint density at radius 1 is 1.27 bits per heavy atom. The molecule has 1 aromatic carbocycles. The summed E-state index contributed by atoms with van der Waals surface area (Å²) in [5.74, 6) is 0.790. The molecule has 26 heavy (non-hydrogen) atoms. The first-order valence-electron chi connectivity index (χ1n) is 8.95. The molecule has 0 bridgehead atoms. The van der Waals surface area contributed by atoms with Crippen LogP contribution in [0.2, 0.25) is 0 Å². The third kappa shape index (κ3) is 6.43. The zero-order chi connectivity index (χ0) is 19.0. The summed E-state index contributed by atoms with van der Waals surface area (Å²) in [6, 6.07) is 7.54.